The summed E-state index contributed by atoms with van der Waals surface area (Å²) in [6.45, 7) is 3.99. The minimum absolute atomic E-state index is 0.0478. The number of carbonyl (C=O) groups excluding carboxylic acids is 1. The first-order valence-corrected chi connectivity index (χ1v) is 6.17. The van der Waals surface area contributed by atoms with Gasteiger partial charge in [0.2, 0.25) is 5.91 Å². The molecular weight excluding hydrogens is 208 g/mol. The highest BCUT2D eigenvalue weighted by Crippen LogP contribution is 2.15. The fourth-order valence-electron chi connectivity index (χ4n) is 1.37. The molecule has 0 fully saturated rings. The number of thiophene rings is 1. The largest absolute Gasteiger partial charge is 0.348 e. The van der Waals surface area contributed by atoms with E-state index in [2.05, 4.69) is 5.32 Å². The Balaban J connectivity index is 2.44. The van der Waals surface area contributed by atoms with Crippen molar-refractivity contribution in [3.63, 3.8) is 0 Å². The summed E-state index contributed by atoms with van der Waals surface area (Å²) >= 11 is 1.63. The number of hydrogen-bond donors (Lipinski definition) is 2. The SMILES string of the molecule is CCCC(N)C(=O)NC(C)c1ccsc1. The van der Waals surface area contributed by atoms with Crippen molar-refractivity contribution in [3.8, 4) is 0 Å². The number of amides is 1. The van der Waals surface area contributed by atoms with Crippen LogP contribution in [0.1, 0.15) is 38.3 Å². The fraction of sp³-hybridized carbons (Fsp3) is 0.545. The van der Waals surface area contributed by atoms with E-state index < -0.39 is 0 Å². The van der Waals surface area contributed by atoms with Crippen molar-refractivity contribution >= 4 is 17.2 Å². The summed E-state index contributed by atoms with van der Waals surface area (Å²) in [6, 6.07) is 1.68. The molecule has 0 aliphatic rings. The summed E-state index contributed by atoms with van der Waals surface area (Å²) in [6.07, 6.45) is 1.67. The first-order valence-electron chi connectivity index (χ1n) is 5.23. The van der Waals surface area contributed by atoms with Crippen LogP contribution in [0.5, 0.6) is 0 Å². The van der Waals surface area contributed by atoms with Crippen molar-refractivity contribution < 1.29 is 4.79 Å². The van der Waals surface area contributed by atoms with E-state index in [0.29, 0.717) is 0 Å². The molecule has 2 unspecified atom stereocenters. The lowest BCUT2D eigenvalue weighted by atomic mass is 10.1. The minimum Gasteiger partial charge on any atom is -0.348 e. The summed E-state index contributed by atoms with van der Waals surface area (Å²) in [5, 5.41) is 6.95. The van der Waals surface area contributed by atoms with Crippen molar-refractivity contribution in [2.24, 2.45) is 5.73 Å². The highest BCUT2D eigenvalue weighted by atomic mass is 32.1. The lowest BCUT2D eigenvalue weighted by Gasteiger charge is -2.16. The zero-order valence-electron chi connectivity index (χ0n) is 9.19. The molecule has 1 aromatic heterocycles. The van der Waals surface area contributed by atoms with Gasteiger partial charge in [-0.2, -0.15) is 11.3 Å². The maximum absolute atomic E-state index is 11.6. The van der Waals surface area contributed by atoms with Crippen LogP contribution in [0, 0.1) is 0 Å². The molecule has 15 heavy (non-hydrogen) atoms. The molecule has 1 rings (SSSR count). The molecule has 2 atom stereocenters. The molecule has 0 spiro atoms. The van der Waals surface area contributed by atoms with Gasteiger partial charge in [0, 0.05) is 0 Å². The minimum atomic E-state index is -0.379. The molecule has 1 aromatic rings. The molecule has 0 radical (unpaired) electrons. The third kappa shape index (κ3) is 3.64. The van der Waals surface area contributed by atoms with E-state index >= 15 is 0 Å². The van der Waals surface area contributed by atoms with E-state index in [9.17, 15) is 4.79 Å². The van der Waals surface area contributed by atoms with Crippen molar-refractivity contribution in [3.05, 3.63) is 22.4 Å². The van der Waals surface area contributed by atoms with Crippen molar-refractivity contribution in [1.29, 1.82) is 0 Å². The Morgan fingerprint density at radius 1 is 1.67 bits per heavy atom. The van der Waals surface area contributed by atoms with Gasteiger partial charge in [-0.25, -0.2) is 0 Å². The third-order valence-electron chi connectivity index (χ3n) is 2.34. The van der Waals surface area contributed by atoms with E-state index in [-0.39, 0.29) is 18.0 Å². The second-order valence-electron chi connectivity index (χ2n) is 3.68. The quantitative estimate of drug-likeness (QED) is 0.807. The van der Waals surface area contributed by atoms with Crippen LogP contribution in [-0.4, -0.2) is 11.9 Å². The van der Waals surface area contributed by atoms with Crippen LogP contribution >= 0.6 is 11.3 Å². The highest BCUT2D eigenvalue weighted by Gasteiger charge is 2.15. The molecule has 0 bridgehead atoms. The average molecular weight is 226 g/mol. The smallest absolute Gasteiger partial charge is 0.237 e. The van der Waals surface area contributed by atoms with E-state index in [4.69, 9.17) is 5.73 Å². The lowest BCUT2D eigenvalue weighted by Crippen LogP contribution is -2.41. The van der Waals surface area contributed by atoms with Gasteiger partial charge >= 0.3 is 0 Å². The molecule has 84 valence electrons. The molecule has 0 saturated carbocycles. The monoisotopic (exact) mass is 226 g/mol. The van der Waals surface area contributed by atoms with Crippen LogP contribution in [-0.2, 0) is 4.79 Å². The van der Waals surface area contributed by atoms with Crippen molar-refractivity contribution in [1.82, 2.24) is 5.32 Å². The van der Waals surface area contributed by atoms with Crippen LogP contribution in [0.25, 0.3) is 0 Å². The van der Waals surface area contributed by atoms with Gasteiger partial charge in [-0.15, -0.1) is 0 Å². The maximum atomic E-state index is 11.6. The number of carbonyl (C=O) groups is 1. The molecular formula is C11H18N2OS. The Kier molecular flexibility index (Phi) is 4.78. The maximum Gasteiger partial charge on any atom is 0.237 e. The van der Waals surface area contributed by atoms with E-state index in [1.54, 1.807) is 11.3 Å². The second-order valence-corrected chi connectivity index (χ2v) is 4.46. The Labute approximate surface area is 94.7 Å². The van der Waals surface area contributed by atoms with E-state index in [1.807, 2.05) is 30.7 Å². The topological polar surface area (TPSA) is 55.1 Å². The predicted octanol–water partition coefficient (Wildman–Crippen LogP) is 2.05. The molecule has 3 N–H and O–H groups in total. The summed E-state index contributed by atoms with van der Waals surface area (Å²) in [5.74, 6) is -0.0597. The predicted molar refractivity (Wildman–Crippen MR) is 63.8 cm³/mol. The standard InChI is InChI=1S/C11H18N2OS/c1-3-4-10(12)11(14)13-8(2)9-5-6-15-7-9/h5-8,10H,3-4,12H2,1-2H3,(H,13,14). The molecule has 3 nitrogen and oxygen atoms in total. The summed E-state index contributed by atoms with van der Waals surface area (Å²) in [7, 11) is 0. The van der Waals surface area contributed by atoms with Crippen LogP contribution in [0.4, 0.5) is 0 Å². The molecule has 0 saturated heterocycles. The molecule has 0 aliphatic carbocycles. The Hall–Kier alpha value is -0.870. The van der Waals surface area contributed by atoms with Crippen LogP contribution in [0.15, 0.2) is 16.8 Å². The normalized spacial score (nSPS) is 14.6. The van der Waals surface area contributed by atoms with Gasteiger partial charge in [-0.1, -0.05) is 13.3 Å². The summed E-state index contributed by atoms with van der Waals surface area (Å²) in [4.78, 5) is 11.6. The number of nitrogens with one attached hydrogen (secondary N) is 1. The number of nitrogens with two attached hydrogens (primary N) is 1. The molecule has 0 aromatic carbocycles. The van der Waals surface area contributed by atoms with Gasteiger partial charge in [0.05, 0.1) is 12.1 Å². The van der Waals surface area contributed by atoms with Gasteiger partial charge in [-0.3, -0.25) is 4.79 Å². The zero-order valence-corrected chi connectivity index (χ0v) is 10.0. The lowest BCUT2D eigenvalue weighted by molar-refractivity contribution is -0.123. The van der Waals surface area contributed by atoms with Gasteiger partial charge in [0.25, 0.3) is 0 Å². The first-order chi connectivity index (χ1) is 7.15. The van der Waals surface area contributed by atoms with Crippen LogP contribution in [0.3, 0.4) is 0 Å². The molecule has 0 aliphatic heterocycles. The third-order valence-corrected chi connectivity index (χ3v) is 3.04. The zero-order chi connectivity index (χ0) is 11.3. The van der Waals surface area contributed by atoms with Crippen molar-refractivity contribution in [2.75, 3.05) is 0 Å². The second kappa shape index (κ2) is 5.88. The highest BCUT2D eigenvalue weighted by molar-refractivity contribution is 7.07. The summed E-state index contributed by atoms with van der Waals surface area (Å²) in [5.41, 5.74) is 6.86. The molecule has 4 heteroatoms. The van der Waals surface area contributed by atoms with Crippen LogP contribution < -0.4 is 11.1 Å². The fourth-order valence-corrected chi connectivity index (χ4v) is 2.12. The summed E-state index contributed by atoms with van der Waals surface area (Å²) < 4.78 is 0. The Morgan fingerprint density at radius 2 is 2.40 bits per heavy atom. The molecule has 1 amide bonds. The Morgan fingerprint density at radius 3 is 2.93 bits per heavy atom. The Bertz CT molecular complexity index is 298. The van der Waals surface area contributed by atoms with Gasteiger partial charge < -0.3 is 11.1 Å². The van der Waals surface area contributed by atoms with Gasteiger partial charge in [-0.05, 0) is 35.7 Å². The van der Waals surface area contributed by atoms with E-state index in [1.165, 1.54) is 0 Å². The average Bonchev–Trinajstić information content (AvgIpc) is 2.70. The van der Waals surface area contributed by atoms with Crippen molar-refractivity contribution in [2.45, 2.75) is 38.8 Å². The first kappa shape index (κ1) is 12.2. The van der Waals surface area contributed by atoms with Gasteiger partial charge in [0.15, 0.2) is 0 Å². The number of rotatable bonds is 5. The molecule has 1 heterocycles. The van der Waals surface area contributed by atoms with Gasteiger partial charge in [0.1, 0.15) is 0 Å². The van der Waals surface area contributed by atoms with E-state index in [0.717, 1.165) is 18.4 Å². The van der Waals surface area contributed by atoms with Crippen LogP contribution in [0.2, 0.25) is 0 Å². The number of hydrogen-bond acceptors (Lipinski definition) is 3.